The fourth-order valence-electron chi connectivity index (χ4n) is 1.27. The summed E-state index contributed by atoms with van der Waals surface area (Å²) < 4.78 is 28.1. The monoisotopic (exact) mass is 221 g/mol. The molecule has 82 valence electrons. The second-order valence-electron chi connectivity index (χ2n) is 4.64. The fraction of sp³-hybridized carbons (Fsp3) is 0.875. The Morgan fingerprint density at radius 2 is 1.93 bits per heavy atom. The van der Waals surface area contributed by atoms with E-state index in [1.165, 1.54) is 0 Å². The van der Waals surface area contributed by atoms with Gasteiger partial charge in [-0.2, -0.15) is 8.42 Å². The quantitative estimate of drug-likeness (QED) is 0.606. The van der Waals surface area contributed by atoms with Crippen LogP contribution in [0.5, 0.6) is 0 Å². The standard InChI is InChI=1S/C8H15NO4S/c1-7(2,3)8(4)5-13-14(11,12)9(8)6-10/h6H,5H2,1-4H3/t8-/m1/s1. The molecule has 0 unspecified atom stereocenters. The van der Waals surface area contributed by atoms with E-state index in [2.05, 4.69) is 4.18 Å². The molecular weight excluding hydrogens is 206 g/mol. The van der Waals surface area contributed by atoms with Crippen LogP contribution < -0.4 is 0 Å². The van der Waals surface area contributed by atoms with Gasteiger partial charge in [0, 0.05) is 0 Å². The van der Waals surface area contributed by atoms with Crippen molar-refractivity contribution in [3.63, 3.8) is 0 Å². The molecule has 0 N–H and O–H groups in total. The van der Waals surface area contributed by atoms with E-state index in [-0.39, 0.29) is 12.0 Å². The predicted octanol–water partition coefficient (Wildman–Crippen LogP) is 0.525. The largest absolute Gasteiger partial charge is 0.365 e. The van der Waals surface area contributed by atoms with Crippen molar-refractivity contribution in [1.82, 2.24) is 4.31 Å². The Hall–Kier alpha value is -0.620. The van der Waals surface area contributed by atoms with Crippen LogP contribution in [-0.2, 0) is 19.3 Å². The molecule has 0 aromatic carbocycles. The molecule has 0 bridgehead atoms. The van der Waals surface area contributed by atoms with Gasteiger partial charge in [-0.05, 0) is 12.3 Å². The number of hydrogen-bond acceptors (Lipinski definition) is 4. The van der Waals surface area contributed by atoms with Gasteiger partial charge in [-0.3, -0.25) is 8.98 Å². The van der Waals surface area contributed by atoms with Gasteiger partial charge in [-0.1, -0.05) is 20.8 Å². The van der Waals surface area contributed by atoms with Crippen molar-refractivity contribution >= 4 is 16.7 Å². The summed E-state index contributed by atoms with van der Waals surface area (Å²) in [6.45, 7) is 7.32. The molecule has 1 aliphatic heterocycles. The molecule has 1 aliphatic rings. The maximum absolute atomic E-state index is 11.3. The summed E-state index contributed by atoms with van der Waals surface area (Å²) in [5.74, 6) is 0. The third-order valence-corrected chi connectivity index (χ3v) is 4.31. The van der Waals surface area contributed by atoms with E-state index in [1.54, 1.807) is 6.92 Å². The second-order valence-corrected chi connectivity index (χ2v) is 6.13. The molecule has 0 aromatic heterocycles. The maximum Gasteiger partial charge on any atom is 0.365 e. The molecule has 1 rings (SSSR count). The minimum absolute atomic E-state index is 0.0115. The van der Waals surface area contributed by atoms with Gasteiger partial charge < -0.3 is 0 Å². The molecule has 0 spiro atoms. The Balaban J connectivity index is 3.22. The van der Waals surface area contributed by atoms with Gasteiger partial charge in [-0.15, -0.1) is 0 Å². The van der Waals surface area contributed by atoms with Crippen LogP contribution in [0.3, 0.4) is 0 Å². The number of hydrogen-bond donors (Lipinski definition) is 0. The summed E-state index contributed by atoms with van der Waals surface area (Å²) in [5.41, 5.74) is -1.18. The van der Waals surface area contributed by atoms with Crippen molar-refractivity contribution in [2.75, 3.05) is 6.61 Å². The molecule has 0 saturated carbocycles. The Morgan fingerprint density at radius 3 is 2.21 bits per heavy atom. The number of nitrogens with zero attached hydrogens (tertiary/aromatic N) is 1. The van der Waals surface area contributed by atoms with Gasteiger partial charge in [0.15, 0.2) is 0 Å². The summed E-state index contributed by atoms with van der Waals surface area (Å²) in [4.78, 5) is 10.8. The molecule has 0 aromatic rings. The Labute approximate surface area is 84.3 Å². The number of carbonyl (C=O) groups is 1. The van der Waals surface area contributed by atoms with Crippen LogP contribution in [0.4, 0.5) is 0 Å². The first-order valence-electron chi connectivity index (χ1n) is 4.29. The van der Waals surface area contributed by atoms with Gasteiger partial charge in [0.25, 0.3) is 0 Å². The topological polar surface area (TPSA) is 63.7 Å². The highest BCUT2D eigenvalue weighted by Gasteiger charge is 2.54. The smallest absolute Gasteiger partial charge is 0.278 e. The molecular formula is C8H15NO4S. The molecule has 0 radical (unpaired) electrons. The molecule has 5 nitrogen and oxygen atoms in total. The van der Waals surface area contributed by atoms with Gasteiger partial charge in [0.1, 0.15) is 0 Å². The lowest BCUT2D eigenvalue weighted by molar-refractivity contribution is -0.119. The summed E-state index contributed by atoms with van der Waals surface area (Å²) in [7, 11) is -3.86. The first-order valence-corrected chi connectivity index (χ1v) is 5.66. The van der Waals surface area contributed by atoms with Crippen molar-refractivity contribution in [2.45, 2.75) is 33.2 Å². The lowest BCUT2D eigenvalue weighted by Gasteiger charge is -2.40. The first-order chi connectivity index (χ1) is 6.15. The van der Waals surface area contributed by atoms with Crippen molar-refractivity contribution in [2.24, 2.45) is 5.41 Å². The maximum atomic E-state index is 11.3. The SMILES string of the molecule is CC(C)(C)[C@@]1(C)COS(=O)(=O)N1C=O. The Morgan fingerprint density at radius 1 is 1.43 bits per heavy atom. The van der Waals surface area contributed by atoms with Gasteiger partial charge in [-0.25, -0.2) is 4.31 Å². The summed E-state index contributed by atoms with van der Waals surface area (Å²) in [6, 6.07) is 0. The molecule has 0 aliphatic carbocycles. The number of rotatable bonds is 1. The highest BCUT2D eigenvalue weighted by Crippen LogP contribution is 2.41. The minimum Gasteiger partial charge on any atom is -0.278 e. The van der Waals surface area contributed by atoms with Crippen LogP contribution in [0.15, 0.2) is 0 Å². The van der Waals surface area contributed by atoms with Crippen LogP contribution in [-0.4, -0.2) is 31.3 Å². The van der Waals surface area contributed by atoms with E-state index in [0.29, 0.717) is 6.41 Å². The van der Waals surface area contributed by atoms with E-state index >= 15 is 0 Å². The fourth-order valence-corrected chi connectivity index (χ4v) is 2.69. The second kappa shape index (κ2) is 2.93. The molecule has 6 heteroatoms. The number of amides is 1. The average molecular weight is 221 g/mol. The van der Waals surface area contributed by atoms with Gasteiger partial charge >= 0.3 is 10.3 Å². The molecule has 1 fully saturated rings. The van der Waals surface area contributed by atoms with Crippen LogP contribution in [0.2, 0.25) is 0 Å². The Kier molecular flexibility index (Phi) is 2.40. The van der Waals surface area contributed by atoms with Crippen molar-refractivity contribution in [3.05, 3.63) is 0 Å². The van der Waals surface area contributed by atoms with E-state index in [1.807, 2.05) is 20.8 Å². The molecule has 1 saturated heterocycles. The summed E-state index contributed by atoms with van der Waals surface area (Å²) in [6.07, 6.45) is 0.313. The summed E-state index contributed by atoms with van der Waals surface area (Å²) in [5, 5.41) is 0. The van der Waals surface area contributed by atoms with Gasteiger partial charge in [0.2, 0.25) is 6.41 Å². The van der Waals surface area contributed by atoms with Crippen LogP contribution in [0.1, 0.15) is 27.7 Å². The lowest BCUT2D eigenvalue weighted by atomic mass is 9.75. The molecule has 1 heterocycles. The third kappa shape index (κ3) is 1.42. The number of carbonyl (C=O) groups excluding carboxylic acids is 1. The molecule has 14 heavy (non-hydrogen) atoms. The zero-order valence-corrected chi connectivity index (χ0v) is 9.59. The summed E-state index contributed by atoms with van der Waals surface area (Å²) >= 11 is 0. The van der Waals surface area contributed by atoms with Crippen LogP contribution >= 0.6 is 0 Å². The van der Waals surface area contributed by atoms with E-state index < -0.39 is 15.8 Å². The third-order valence-electron chi connectivity index (χ3n) is 2.93. The molecule has 1 atom stereocenters. The zero-order valence-electron chi connectivity index (χ0n) is 8.77. The molecule has 1 amide bonds. The van der Waals surface area contributed by atoms with Crippen LogP contribution in [0, 0.1) is 5.41 Å². The average Bonchev–Trinajstić information content (AvgIpc) is 2.22. The highest BCUT2D eigenvalue weighted by atomic mass is 32.2. The van der Waals surface area contributed by atoms with E-state index in [0.717, 1.165) is 4.31 Å². The van der Waals surface area contributed by atoms with E-state index in [9.17, 15) is 13.2 Å². The normalized spacial score (nSPS) is 31.9. The Bertz CT molecular complexity index is 343. The lowest BCUT2D eigenvalue weighted by Crippen LogP contribution is -2.53. The zero-order chi connectivity index (χ0) is 11.2. The first kappa shape index (κ1) is 11.5. The van der Waals surface area contributed by atoms with Crippen molar-refractivity contribution in [1.29, 1.82) is 0 Å². The van der Waals surface area contributed by atoms with Gasteiger partial charge in [0.05, 0.1) is 12.1 Å². The van der Waals surface area contributed by atoms with Crippen LogP contribution in [0.25, 0.3) is 0 Å². The minimum atomic E-state index is -3.86. The highest BCUT2D eigenvalue weighted by molar-refractivity contribution is 7.85. The predicted molar refractivity (Wildman–Crippen MR) is 50.6 cm³/mol. The van der Waals surface area contributed by atoms with Crippen molar-refractivity contribution < 1.29 is 17.4 Å². The van der Waals surface area contributed by atoms with E-state index in [4.69, 9.17) is 0 Å². The van der Waals surface area contributed by atoms with Crippen molar-refractivity contribution in [3.8, 4) is 0 Å².